The van der Waals surface area contributed by atoms with Crippen LogP contribution in [0.25, 0.3) is 11.1 Å². The Balaban J connectivity index is 2.03. The molecule has 3 heteroatoms. The predicted octanol–water partition coefficient (Wildman–Crippen LogP) is 4.30. The summed E-state index contributed by atoms with van der Waals surface area (Å²) in [7, 11) is 1.60. The first-order valence-corrected chi connectivity index (χ1v) is 7.27. The zero-order valence-corrected chi connectivity index (χ0v) is 12.7. The number of carbonyl (C=O) groups is 1. The van der Waals surface area contributed by atoms with Crippen molar-refractivity contribution >= 4 is 5.78 Å². The number of carbonyl (C=O) groups excluding carboxylic acids is 1. The third kappa shape index (κ3) is 2.94. The minimum atomic E-state index is -0.196. The number of phenols is 1. The van der Waals surface area contributed by atoms with E-state index in [1.165, 1.54) is 0 Å². The fourth-order valence-electron chi connectivity index (χ4n) is 2.48. The van der Waals surface area contributed by atoms with Crippen LogP contribution in [0.3, 0.4) is 0 Å². The molecule has 0 atom stereocenters. The van der Waals surface area contributed by atoms with Gasteiger partial charge in [0, 0.05) is 11.1 Å². The van der Waals surface area contributed by atoms with E-state index in [1.54, 1.807) is 49.6 Å². The molecule has 0 bridgehead atoms. The van der Waals surface area contributed by atoms with Crippen LogP contribution in [0.1, 0.15) is 15.9 Å². The molecule has 3 aromatic rings. The van der Waals surface area contributed by atoms with Crippen molar-refractivity contribution in [2.45, 2.75) is 0 Å². The number of hydrogen-bond acceptors (Lipinski definition) is 3. The van der Waals surface area contributed by atoms with Gasteiger partial charge in [-0.05, 0) is 23.8 Å². The molecule has 0 aliphatic rings. The molecule has 23 heavy (non-hydrogen) atoms. The highest BCUT2D eigenvalue weighted by Gasteiger charge is 2.16. The molecule has 3 rings (SSSR count). The second-order valence-corrected chi connectivity index (χ2v) is 5.13. The molecule has 0 heterocycles. The van der Waals surface area contributed by atoms with Crippen LogP contribution in [-0.2, 0) is 0 Å². The van der Waals surface area contributed by atoms with Crippen LogP contribution in [0.4, 0.5) is 0 Å². The predicted molar refractivity (Wildman–Crippen MR) is 90.0 cm³/mol. The number of ketones is 1. The molecule has 114 valence electrons. The van der Waals surface area contributed by atoms with Gasteiger partial charge in [-0.1, -0.05) is 54.6 Å². The number of ether oxygens (including phenoxy) is 1. The van der Waals surface area contributed by atoms with Gasteiger partial charge in [0.1, 0.15) is 11.5 Å². The fourth-order valence-corrected chi connectivity index (χ4v) is 2.48. The standard InChI is InChI=1S/C20H16O3/c1-23-16-12-10-14(11-13-16)17-8-5-9-18(20(17)22)19(21)15-6-3-2-4-7-15/h2-13,22H,1H3. The maximum Gasteiger partial charge on any atom is 0.196 e. The maximum absolute atomic E-state index is 12.6. The Kier molecular flexibility index (Phi) is 4.11. The number of methoxy groups -OCH3 is 1. The Morgan fingerprint density at radius 2 is 1.57 bits per heavy atom. The quantitative estimate of drug-likeness (QED) is 0.731. The first kappa shape index (κ1) is 14.9. The van der Waals surface area contributed by atoms with Crippen molar-refractivity contribution in [3.63, 3.8) is 0 Å². The lowest BCUT2D eigenvalue weighted by atomic mass is 9.96. The van der Waals surface area contributed by atoms with Crippen LogP contribution in [-0.4, -0.2) is 18.0 Å². The Bertz CT molecular complexity index is 821. The number of hydrogen-bond donors (Lipinski definition) is 1. The second-order valence-electron chi connectivity index (χ2n) is 5.13. The maximum atomic E-state index is 12.6. The van der Waals surface area contributed by atoms with E-state index in [9.17, 15) is 9.90 Å². The molecule has 3 aromatic carbocycles. The average molecular weight is 304 g/mol. The van der Waals surface area contributed by atoms with Crippen molar-refractivity contribution in [2.24, 2.45) is 0 Å². The monoisotopic (exact) mass is 304 g/mol. The van der Waals surface area contributed by atoms with Crippen LogP contribution in [0.15, 0.2) is 72.8 Å². The number of rotatable bonds is 4. The normalized spacial score (nSPS) is 10.3. The van der Waals surface area contributed by atoms with Gasteiger partial charge in [-0.15, -0.1) is 0 Å². The van der Waals surface area contributed by atoms with E-state index in [2.05, 4.69) is 0 Å². The van der Waals surface area contributed by atoms with Gasteiger partial charge in [0.25, 0.3) is 0 Å². The molecule has 0 unspecified atom stereocenters. The molecule has 0 spiro atoms. The van der Waals surface area contributed by atoms with Crippen LogP contribution in [0, 0.1) is 0 Å². The summed E-state index contributed by atoms with van der Waals surface area (Å²) in [6, 6.07) is 21.5. The summed E-state index contributed by atoms with van der Waals surface area (Å²) in [4.78, 5) is 12.6. The lowest BCUT2D eigenvalue weighted by Crippen LogP contribution is -2.01. The SMILES string of the molecule is COc1ccc(-c2cccc(C(=O)c3ccccc3)c2O)cc1. The molecule has 1 N–H and O–H groups in total. The molecular weight excluding hydrogens is 288 g/mol. The highest BCUT2D eigenvalue weighted by Crippen LogP contribution is 2.34. The van der Waals surface area contributed by atoms with Gasteiger partial charge in [0.05, 0.1) is 12.7 Å². The number of benzene rings is 3. The third-order valence-corrected chi connectivity index (χ3v) is 3.72. The van der Waals surface area contributed by atoms with Gasteiger partial charge in [-0.25, -0.2) is 0 Å². The van der Waals surface area contributed by atoms with Crippen LogP contribution in [0.2, 0.25) is 0 Å². The molecule has 3 nitrogen and oxygen atoms in total. The largest absolute Gasteiger partial charge is 0.507 e. The molecule has 0 fully saturated rings. The van der Waals surface area contributed by atoms with E-state index in [0.717, 1.165) is 11.3 Å². The van der Waals surface area contributed by atoms with Gasteiger partial charge in [-0.3, -0.25) is 4.79 Å². The minimum Gasteiger partial charge on any atom is -0.507 e. The molecular formula is C20H16O3. The minimum absolute atomic E-state index is 0.00785. The van der Waals surface area contributed by atoms with Crippen LogP contribution in [0.5, 0.6) is 11.5 Å². The summed E-state index contributed by atoms with van der Waals surface area (Å²) in [6.07, 6.45) is 0. The van der Waals surface area contributed by atoms with E-state index in [4.69, 9.17) is 4.74 Å². The number of para-hydroxylation sites is 1. The Labute approximate surface area is 134 Å². The number of phenolic OH excluding ortho intramolecular Hbond substituents is 1. The summed E-state index contributed by atoms with van der Waals surface area (Å²) >= 11 is 0. The van der Waals surface area contributed by atoms with E-state index >= 15 is 0 Å². The first-order chi connectivity index (χ1) is 11.2. The highest BCUT2D eigenvalue weighted by atomic mass is 16.5. The van der Waals surface area contributed by atoms with Crippen molar-refractivity contribution in [3.05, 3.63) is 83.9 Å². The van der Waals surface area contributed by atoms with Crippen LogP contribution >= 0.6 is 0 Å². The second kappa shape index (κ2) is 6.36. The number of aromatic hydroxyl groups is 1. The summed E-state index contributed by atoms with van der Waals surface area (Å²) in [5.41, 5.74) is 2.29. The van der Waals surface area contributed by atoms with Crippen molar-refractivity contribution in [2.75, 3.05) is 7.11 Å². The Morgan fingerprint density at radius 1 is 0.870 bits per heavy atom. The van der Waals surface area contributed by atoms with E-state index in [0.29, 0.717) is 16.7 Å². The molecule has 0 saturated heterocycles. The van der Waals surface area contributed by atoms with Gasteiger partial charge in [0.15, 0.2) is 5.78 Å². The van der Waals surface area contributed by atoms with Crippen molar-refractivity contribution < 1.29 is 14.6 Å². The summed E-state index contributed by atoms with van der Waals surface area (Å²) in [5, 5.41) is 10.5. The van der Waals surface area contributed by atoms with Gasteiger partial charge < -0.3 is 9.84 Å². The lowest BCUT2D eigenvalue weighted by Gasteiger charge is -2.10. The summed E-state index contributed by atoms with van der Waals surface area (Å²) in [6.45, 7) is 0. The molecule has 0 amide bonds. The summed E-state index contributed by atoms with van der Waals surface area (Å²) < 4.78 is 5.14. The van der Waals surface area contributed by atoms with Gasteiger partial charge in [0.2, 0.25) is 0 Å². The molecule has 0 aliphatic heterocycles. The Morgan fingerprint density at radius 3 is 2.22 bits per heavy atom. The lowest BCUT2D eigenvalue weighted by molar-refractivity contribution is 0.103. The molecule has 0 aromatic heterocycles. The van der Waals surface area contributed by atoms with Crippen molar-refractivity contribution in [1.29, 1.82) is 0 Å². The highest BCUT2D eigenvalue weighted by molar-refractivity contribution is 6.11. The van der Waals surface area contributed by atoms with Gasteiger partial charge >= 0.3 is 0 Å². The van der Waals surface area contributed by atoms with E-state index < -0.39 is 0 Å². The molecule has 0 radical (unpaired) electrons. The molecule has 0 aliphatic carbocycles. The Hall–Kier alpha value is -3.07. The summed E-state index contributed by atoms with van der Waals surface area (Å²) in [5.74, 6) is 0.537. The first-order valence-electron chi connectivity index (χ1n) is 7.27. The fraction of sp³-hybridized carbons (Fsp3) is 0.0500. The van der Waals surface area contributed by atoms with Crippen molar-refractivity contribution in [3.8, 4) is 22.6 Å². The topological polar surface area (TPSA) is 46.5 Å². The zero-order valence-electron chi connectivity index (χ0n) is 12.7. The average Bonchev–Trinajstić information content (AvgIpc) is 2.62. The van der Waals surface area contributed by atoms with E-state index in [1.807, 2.05) is 30.3 Å². The van der Waals surface area contributed by atoms with E-state index in [-0.39, 0.29) is 11.5 Å². The van der Waals surface area contributed by atoms with Crippen molar-refractivity contribution in [1.82, 2.24) is 0 Å². The molecule has 0 saturated carbocycles. The van der Waals surface area contributed by atoms with Gasteiger partial charge in [-0.2, -0.15) is 0 Å². The smallest absolute Gasteiger partial charge is 0.196 e. The third-order valence-electron chi connectivity index (χ3n) is 3.72. The zero-order chi connectivity index (χ0) is 16.2. The van der Waals surface area contributed by atoms with Crippen LogP contribution < -0.4 is 4.74 Å².